The summed E-state index contributed by atoms with van der Waals surface area (Å²) in [6.07, 6.45) is 6.80. The van der Waals surface area contributed by atoms with Crippen LogP contribution in [0.3, 0.4) is 0 Å². The normalized spacial score (nSPS) is 24.7. The molecular weight excluding hydrogens is 230 g/mol. The van der Waals surface area contributed by atoms with Gasteiger partial charge < -0.3 is 4.90 Å². The Bertz CT molecular complexity index is 560. The fourth-order valence-electron chi connectivity index (χ4n) is 3.42. The van der Waals surface area contributed by atoms with Crippen molar-refractivity contribution >= 4 is 22.6 Å². The highest BCUT2D eigenvalue weighted by atomic mass is 32.2. The van der Waals surface area contributed by atoms with Gasteiger partial charge >= 0.3 is 0 Å². The minimum Gasteiger partial charge on any atom is -0.371 e. The second-order valence-corrected chi connectivity index (χ2v) is 6.35. The molecule has 1 atom stereocenters. The zero-order chi connectivity index (χ0) is 11.4. The third kappa shape index (κ3) is 1.29. The molecule has 3 heteroatoms. The van der Waals surface area contributed by atoms with Crippen molar-refractivity contribution in [3.8, 4) is 0 Å². The van der Waals surface area contributed by atoms with Crippen molar-refractivity contribution in [3.05, 3.63) is 28.2 Å². The van der Waals surface area contributed by atoms with E-state index in [1.165, 1.54) is 54.7 Å². The van der Waals surface area contributed by atoms with E-state index in [0.29, 0.717) is 0 Å². The first-order valence-corrected chi connectivity index (χ1v) is 7.58. The summed E-state index contributed by atoms with van der Waals surface area (Å²) < 4.78 is 12.1. The third-order valence-corrected chi connectivity index (χ3v) is 5.34. The fourth-order valence-corrected chi connectivity index (χ4v) is 4.63. The Kier molecular flexibility index (Phi) is 2.01. The number of rotatable bonds is 0. The molecule has 0 bridgehead atoms. The number of benzene rings is 1. The van der Waals surface area contributed by atoms with Crippen LogP contribution in [0.15, 0.2) is 16.4 Å². The van der Waals surface area contributed by atoms with Gasteiger partial charge in [0.2, 0.25) is 0 Å². The highest BCUT2D eigenvalue weighted by molar-refractivity contribution is 7.88. The lowest BCUT2D eigenvalue weighted by molar-refractivity contribution is 0.626. The number of hydrogen-bond donors (Lipinski definition) is 0. The molecule has 17 heavy (non-hydrogen) atoms. The summed E-state index contributed by atoms with van der Waals surface area (Å²) in [6, 6.07) is 2.27. The standard InChI is InChI=1S/C14H15NOS/c16-17-8-5-11-9-10-3-1-6-15-7-2-4-12(13(10)15)14(11)17/h5,8-9H,1-4,6-7H2. The van der Waals surface area contributed by atoms with Crippen molar-refractivity contribution in [2.75, 3.05) is 18.0 Å². The molecule has 0 amide bonds. The lowest BCUT2D eigenvalue weighted by Gasteiger charge is -2.37. The van der Waals surface area contributed by atoms with Gasteiger partial charge in [0.15, 0.2) is 0 Å². The monoisotopic (exact) mass is 245 g/mol. The number of hydrogen-bond acceptors (Lipinski definition) is 2. The van der Waals surface area contributed by atoms with Crippen LogP contribution in [0, 0.1) is 0 Å². The van der Waals surface area contributed by atoms with Crippen LogP contribution in [-0.4, -0.2) is 17.3 Å². The van der Waals surface area contributed by atoms with E-state index in [4.69, 9.17) is 0 Å². The van der Waals surface area contributed by atoms with Crippen LogP contribution < -0.4 is 4.90 Å². The molecule has 0 saturated heterocycles. The van der Waals surface area contributed by atoms with Gasteiger partial charge in [-0.15, -0.1) is 0 Å². The first-order valence-electron chi connectivity index (χ1n) is 6.37. The minimum atomic E-state index is -0.896. The molecule has 88 valence electrons. The third-order valence-electron chi connectivity index (χ3n) is 4.07. The van der Waals surface area contributed by atoms with Crippen LogP contribution in [0.5, 0.6) is 0 Å². The van der Waals surface area contributed by atoms with Gasteiger partial charge in [0.05, 0.1) is 15.7 Å². The first kappa shape index (κ1) is 9.89. The molecule has 3 aliphatic rings. The molecule has 0 saturated carbocycles. The van der Waals surface area contributed by atoms with Crippen molar-refractivity contribution < 1.29 is 4.21 Å². The molecule has 1 aromatic carbocycles. The Morgan fingerprint density at radius 3 is 2.88 bits per heavy atom. The Labute approximate surface area is 104 Å². The van der Waals surface area contributed by atoms with Crippen LogP contribution in [0.1, 0.15) is 29.5 Å². The lowest BCUT2D eigenvalue weighted by Crippen LogP contribution is -2.35. The van der Waals surface area contributed by atoms with Gasteiger partial charge in [-0.25, -0.2) is 4.21 Å². The number of fused-ring (bicyclic) bond motifs is 2. The molecular formula is C14H15NOS. The van der Waals surface area contributed by atoms with Gasteiger partial charge in [0.25, 0.3) is 0 Å². The molecule has 1 unspecified atom stereocenters. The highest BCUT2D eigenvalue weighted by Gasteiger charge is 2.29. The van der Waals surface area contributed by atoms with E-state index >= 15 is 0 Å². The summed E-state index contributed by atoms with van der Waals surface area (Å²) in [6.45, 7) is 2.36. The van der Waals surface area contributed by atoms with E-state index in [1.54, 1.807) is 0 Å². The van der Waals surface area contributed by atoms with Gasteiger partial charge in [0.1, 0.15) is 0 Å². The molecule has 0 spiro atoms. The van der Waals surface area contributed by atoms with Crippen molar-refractivity contribution in [1.82, 2.24) is 0 Å². The summed E-state index contributed by atoms with van der Waals surface area (Å²) in [4.78, 5) is 3.61. The second kappa shape index (κ2) is 3.45. The Morgan fingerprint density at radius 2 is 2.00 bits per heavy atom. The largest absolute Gasteiger partial charge is 0.371 e. The van der Waals surface area contributed by atoms with E-state index in [-0.39, 0.29) is 0 Å². The van der Waals surface area contributed by atoms with E-state index in [1.807, 2.05) is 11.5 Å². The summed E-state index contributed by atoms with van der Waals surface area (Å²) in [5, 5.41) is 1.84. The molecule has 3 aliphatic heterocycles. The van der Waals surface area contributed by atoms with Gasteiger partial charge in [0, 0.05) is 24.2 Å². The zero-order valence-corrected chi connectivity index (χ0v) is 10.6. The van der Waals surface area contributed by atoms with Crippen LogP contribution in [0.25, 0.3) is 6.08 Å². The zero-order valence-electron chi connectivity index (χ0n) is 9.74. The number of nitrogens with zero attached hydrogens (tertiary/aromatic N) is 1. The summed E-state index contributed by atoms with van der Waals surface area (Å²) in [5.74, 6) is 0. The van der Waals surface area contributed by atoms with Crippen LogP contribution in [-0.2, 0) is 23.6 Å². The average molecular weight is 245 g/mol. The SMILES string of the molecule is O=S1C=Cc2cc3c4c(c21)CCCN4CCC3. The predicted molar refractivity (Wildman–Crippen MR) is 70.7 cm³/mol. The first-order chi connectivity index (χ1) is 8.34. The quantitative estimate of drug-likeness (QED) is 0.700. The van der Waals surface area contributed by atoms with E-state index < -0.39 is 10.8 Å². The lowest BCUT2D eigenvalue weighted by atomic mass is 9.90. The molecule has 3 heterocycles. The molecule has 0 fully saturated rings. The summed E-state index contributed by atoms with van der Waals surface area (Å²) >= 11 is 0. The minimum absolute atomic E-state index is 0.896. The molecule has 2 nitrogen and oxygen atoms in total. The summed E-state index contributed by atoms with van der Waals surface area (Å²) in [5.41, 5.74) is 5.50. The maximum atomic E-state index is 12.1. The highest BCUT2D eigenvalue weighted by Crippen LogP contribution is 2.42. The molecule has 4 rings (SSSR count). The topological polar surface area (TPSA) is 20.3 Å². The van der Waals surface area contributed by atoms with Gasteiger partial charge in [-0.1, -0.05) is 0 Å². The molecule has 0 N–H and O–H groups in total. The molecule has 0 radical (unpaired) electrons. The van der Waals surface area contributed by atoms with Crippen LogP contribution >= 0.6 is 0 Å². The average Bonchev–Trinajstić information content (AvgIpc) is 2.72. The Hall–Kier alpha value is -1.09. The van der Waals surface area contributed by atoms with Crippen LogP contribution in [0.4, 0.5) is 5.69 Å². The van der Waals surface area contributed by atoms with E-state index in [9.17, 15) is 4.21 Å². The van der Waals surface area contributed by atoms with Crippen molar-refractivity contribution in [2.24, 2.45) is 0 Å². The molecule has 0 aromatic heterocycles. The smallest absolute Gasteiger partial charge is 0.0785 e. The van der Waals surface area contributed by atoms with Gasteiger partial charge in [-0.05, 0) is 54.5 Å². The maximum Gasteiger partial charge on any atom is 0.0785 e. The summed E-state index contributed by atoms with van der Waals surface area (Å²) in [7, 11) is -0.896. The molecule has 0 aliphatic carbocycles. The second-order valence-electron chi connectivity index (χ2n) is 5.08. The fraction of sp³-hybridized carbons (Fsp3) is 0.429. The number of aryl methyl sites for hydroxylation is 1. The maximum absolute atomic E-state index is 12.1. The Morgan fingerprint density at radius 1 is 1.18 bits per heavy atom. The van der Waals surface area contributed by atoms with Crippen molar-refractivity contribution in [3.63, 3.8) is 0 Å². The molecule has 1 aromatic rings. The van der Waals surface area contributed by atoms with Gasteiger partial charge in [-0.3, -0.25) is 0 Å². The van der Waals surface area contributed by atoms with Crippen LogP contribution in [0.2, 0.25) is 0 Å². The van der Waals surface area contributed by atoms with E-state index in [2.05, 4.69) is 11.0 Å². The van der Waals surface area contributed by atoms with Crippen molar-refractivity contribution in [1.29, 1.82) is 0 Å². The Balaban J connectivity index is 2.04. The predicted octanol–water partition coefficient (Wildman–Crippen LogP) is 2.48. The van der Waals surface area contributed by atoms with E-state index in [0.717, 1.165) is 11.3 Å². The van der Waals surface area contributed by atoms with Gasteiger partial charge in [-0.2, -0.15) is 0 Å². The number of anilines is 1. The van der Waals surface area contributed by atoms with Crippen molar-refractivity contribution in [2.45, 2.75) is 30.6 Å².